The number of nitrogens with zero attached hydrogens (tertiary/aromatic N) is 1. The van der Waals surface area contributed by atoms with E-state index in [0.29, 0.717) is 6.07 Å². The number of fused-ring (bicyclic) bond motifs is 1. The Labute approximate surface area is 105 Å². The van der Waals surface area contributed by atoms with E-state index in [-0.39, 0.29) is 6.61 Å². The topological polar surface area (TPSA) is 62.2 Å². The van der Waals surface area contributed by atoms with Crippen LogP contribution in [0.2, 0.25) is 0 Å². The lowest BCUT2D eigenvalue weighted by Crippen LogP contribution is -2.10. The summed E-state index contributed by atoms with van der Waals surface area (Å²) in [6.07, 6.45) is 0.781. The zero-order chi connectivity index (χ0) is 14.2. The quantitative estimate of drug-likeness (QED) is 0.617. The maximum absolute atomic E-state index is 13.4. The number of halogens is 3. The van der Waals surface area contributed by atoms with Crippen LogP contribution in [0.25, 0.3) is 10.9 Å². The third kappa shape index (κ3) is 2.07. The predicted molar refractivity (Wildman–Crippen MR) is 57.0 cm³/mol. The van der Waals surface area contributed by atoms with E-state index >= 15 is 0 Å². The van der Waals surface area contributed by atoms with Crippen molar-refractivity contribution in [2.24, 2.45) is 0 Å². The highest BCUT2D eigenvalue weighted by molar-refractivity contribution is 5.99. The summed E-state index contributed by atoms with van der Waals surface area (Å²) >= 11 is 0. The Morgan fingerprint density at radius 1 is 1.37 bits per heavy atom. The summed E-state index contributed by atoms with van der Waals surface area (Å²) in [7, 11) is 0. The van der Waals surface area contributed by atoms with Crippen LogP contribution in [0.5, 0.6) is 5.75 Å². The van der Waals surface area contributed by atoms with Crippen molar-refractivity contribution < 1.29 is 27.8 Å². The second-order valence-electron chi connectivity index (χ2n) is 3.60. The monoisotopic (exact) mass is 270 g/mol. The first-order valence-electron chi connectivity index (χ1n) is 5.27. The highest BCUT2D eigenvalue weighted by Crippen LogP contribution is 2.29. The third-order valence-electron chi connectivity index (χ3n) is 2.44. The van der Waals surface area contributed by atoms with Crippen molar-refractivity contribution in [1.29, 1.82) is 0 Å². The molecule has 19 heavy (non-hydrogen) atoms. The first-order chi connectivity index (χ1) is 8.97. The molecule has 0 amide bonds. The Morgan fingerprint density at radius 3 is 2.68 bits per heavy atom. The molecule has 7 heteroatoms. The first kappa shape index (κ1) is 13.1. The van der Waals surface area contributed by atoms with Crippen LogP contribution in [0, 0.1) is 17.5 Å². The van der Waals surface area contributed by atoms with Crippen LogP contribution in [-0.2, 0) is 4.74 Å². The fourth-order valence-corrected chi connectivity index (χ4v) is 1.57. The molecule has 1 aromatic carbocycles. The molecule has 100 valence electrons. The second-order valence-corrected chi connectivity index (χ2v) is 3.60. The first-order valence-corrected chi connectivity index (χ1v) is 5.27. The highest BCUT2D eigenvalue weighted by Gasteiger charge is 2.18. The largest absolute Gasteiger partial charge is 0.871 e. The molecular formula is C12H7F3NO3-. The van der Waals surface area contributed by atoms with Crippen LogP contribution in [-0.4, -0.2) is 17.6 Å². The van der Waals surface area contributed by atoms with Gasteiger partial charge in [-0.15, -0.1) is 0 Å². The van der Waals surface area contributed by atoms with Crippen molar-refractivity contribution >= 4 is 16.9 Å². The molecule has 0 N–H and O–H groups in total. The Kier molecular flexibility index (Phi) is 3.28. The highest BCUT2D eigenvalue weighted by atomic mass is 19.2. The van der Waals surface area contributed by atoms with Gasteiger partial charge in [-0.3, -0.25) is 4.98 Å². The lowest BCUT2D eigenvalue weighted by atomic mass is 10.1. The maximum atomic E-state index is 13.4. The van der Waals surface area contributed by atoms with E-state index in [0.717, 1.165) is 6.20 Å². The summed E-state index contributed by atoms with van der Waals surface area (Å²) in [5, 5.41) is 11.4. The summed E-state index contributed by atoms with van der Waals surface area (Å²) in [4.78, 5) is 14.9. The van der Waals surface area contributed by atoms with E-state index in [9.17, 15) is 23.1 Å². The van der Waals surface area contributed by atoms with Gasteiger partial charge in [0.15, 0.2) is 17.5 Å². The van der Waals surface area contributed by atoms with E-state index in [2.05, 4.69) is 9.72 Å². The smallest absolute Gasteiger partial charge is 0.339 e. The molecular weight excluding hydrogens is 263 g/mol. The molecule has 2 aromatic rings. The van der Waals surface area contributed by atoms with Gasteiger partial charge in [-0.05, 0) is 18.4 Å². The van der Waals surface area contributed by atoms with Gasteiger partial charge < -0.3 is 9.84 Å². The summed E-state index contributed by atoms with van der Waals surface area (Å²) < 4.78 is 44.0. The normalized spacial score (nSPS) is 10.7. The Hall–Kier alpha value is -2.31. The van der Waals surface area contributed by atoms with E-state index in [1.807, 2.05) is 0 Å². The van der Waals surface area contributed by atoms with Gasteiger partial charge in [0.2, 0.25) is 0 Å². The van der Waals surface area contributed by atoms with E-state index < -0.39 is 45.6 Å². The molecule has 4 nitrogen and oxygen atoms in total. The minimum Gasteiger partial charge on any atom is -0.871 e. The van der Waals surface area contributed by atoms with E-state index in [1.54, 1.807) is 0 Å². The van der Waals surface area contributed by atoms with Crippen molar-refractivity contribution in [3.8, 4) is 5.75 Å². The molecule has 0 aliphatic heterocycles. The number of carbonyl (C=O) groups excluding carboxylic acids is 1. The average molecular weight is 270 g/mol. The number of pyridine rings is 1. The SMILES string of the molecule is CCOC(=O)c1cnc2c(F)c(F)c(F)cc2c1[O-]. The number of benzene rings is 1. The number of aromatic nitrogens is 1. The summed E-state index contributed by atoms with van der Waals surface area (Å²) in [5.41, 5.74) is -1.09. The van der Waals surface area contributed by atoms with Gasteiger partial charge in [-0.25, -0.2) is 18.0 Å². The minimum absolute atomic E-state index is 0.0302. The molecule has 0 aliphatic carbocycles. The molecule has 0 saturated carbocycles. The number of esters is 1. The fourth-order valence-electron chi connectivity index (χ4n) is 1.57. The van der Waals surface area contributed by atoms with Gasteiger partial charge in [0.05, 0.1) is 12.2 Å². The lowest BCUT2D eigenvalue weighted by molar-refractivity contribution is -0.266. The van der Waals surface area contributed by atoms with Gasteiger partial charge in [0.1, 0.15) is 5.52 Å². The molecule has 0 unspecified atom stereocenters. The van der Waals surface area contributed by atoms with Crippen molar-refractivity contribution in [2.45, 2.75) is 6.92 Å². The van der Waals surface area contributed by atoms with Crippen LogP contribution >= 0.6 is 0 Å². The van der Waals surface area contributed by atoms with Crippen LogP contribution < -0.4 is 5.11 Å². The molecule has 0 bridgehead atoms. The number of hydrogen-bond acceptors (Lipinski definition) is 4. The zero-order valence-corrected chi connectivity index (χ0v) is 9.67. The second kappa shape index (κ2) is 4.75. The summed E-state index contributed by atoms with van der Waals surface area (Å²) in [6, 6.07) is 0.506. The summed E-state index contributed by atoms with van der Waals surface area (Å²) in [5.74, 6) is -6.72. The number of rotatable bonds is 2. The van der Waals surface area contributed by atoms with Crippen LogP contribution in [0.15, 0.2) is 12.3 Å². The maximum Gasteiger partial charge on any atom is 0.339 e. The van der Waals surface area contributed by atoms with Gasteiger partial charge >= 0.3 is 5.97 Å². The Morgan fingerprint density at radius 2 is 2.05 bits per heavy atom. The number of ether oxygens (including phenoxy) is 1. The summed E-state index contributed by atoms with van der Waals surface area (Å²) in [6.45, 7) is 1.56. The molecule has 0 saturated heterocycles. The molecule has 1 aromatic heterocycles. The molecule has 0 fully saturated rings. The zero-order valence-electron chi connectivity index (χ0n) is 9.67. The molecule has 0 aliphatic rings. The molecule has 2 rings (SSSR count). The van der Waals surface area contributed by atoms with E-state index in [1.165, 1.54) is 6.92 Å². The molecule has 0 radical (unpaired) electrons. The van der Waals surface area contributed by atoms with Crippen LogP contribution in [0.1, 0.15) is 17.3 Å². The van der Waals surface area contributed by atoms with Crippen LogP contribution in [0.4, 0.5) is 13.2 Å². The van der Waals surface area contributed by atoms with Crippen molar-refractivity contribution in [3.05, 3.63) is 35.3 Å². The standard InChI is InChI=1S/C12H8F3NO3/c1-2-19-12(18)6-4-16-10-5(11(6)17)3-7(13)8(14)9(10)15/h3-4H,2H2,1H3,(H,16,17)/p-1. The lowest BCUT2D eigenvalue weighted by Gasteiger charge is -2.15. The Bertz CT molecular complexity index is 673. The number of hydrogen-bond donors (Lipinski definition) is 0. The van der Waals surface area contributed by atoms with Crippen molar-refractivity contribution in [2.75, 3.05) is 6.61 Å². The van der Waals surface area contributed by atoms with Crippen LogP contribution in [0.3, 0.4) is 0 Å². The van der Waals surface area contributed by atoms with Gasteiger partial charge in [0.25, 0.3) is 0 Å². The van der Waals surface area contributed by atoms with Gasteiger partial charge in [-0.1, -0.05) is 5.75 Å². The van der Waals surface area contributed by atoms with Crippen molar-refractivity contribution in [1.82, 2.24) is 4.98 Å². The minimum atomic E-state index is -1.72. The average Bonchev–Trinajstić information content (AvgIpc) is 2.38. The van der Waals surface area contributed by atoms with Crippen molar-refractivity contribution in [3.63, 3.8) is 0 Å². The van der Waals surface area contributed by atoms with Gasteiger partial charge in [-0.2, -0.15) is 0 Å². The number of carbonyl (C=O) groups is 1. The molecule has 1 heterocycles. The third-order valence-corrected chi connectivity index (χ3v) is 2.44. The predicted octanol–water partition coefficient (Wildman–Crippen LogP) is 1.90. The Balaban J connectivity index is 2.72. The molecule has 0 atom stereocenters. The van der Waals surface area contributed by atoms with Gasteiger partial charge in [0, 0.05) is 6.20 Å². The fraction of sp³-hybridized carbons (Fsp3) is 0.167. The molecule has 0 spiro atoms. The van der Waals surface area contributed by atoms with E-state index in [4.69, 9.17) is 0 Å².